The zero-order valence-corrected chi connectivity index (χ0v) is 17.7. The monoisotopic (exact) mass is 407 g/mol. The molecule has 3 nitrogen and oxygen atoms in total. The number of benzene rings is 4. The molecule has 0 heterocycles. The summed E-state index contributed by atoms with van der Waals surface area (Å²) in [5.74, 6) is 1.70. The predicted octanol–water partition coefficient (Wildman–Crippen LogP) is 7.04. The van der Waals surface area contributed by atoms with Crippen LogP contribution in [0.5, 0.6) is 11.5 Å². The first kappa shape index (κ1) is 20.3. The molecule has 31 heavy (non-hydrogen) atoms. The third kappa shape index (κ3) is 5.14. The maximum atomic E-state index is 5.31. The molecule has 0 saturated carbocycles. The van der Waals surface area contributed by atoms with Gasteiger partial charge in [0.15, 0.2) is 0 Å². The van der Waals surface area contributed by atoms with Crippen molar-refractivity contribution in [2.75, 3.05) is 19.5 Å². The number of anilines is 2. The molecule has 0 aliphatic heterocycles. The highest BCUT2D eigenvalue weighted by molar-refractivity contribution is 5.91. The van der Waals surface area contributed by atoms with E-state index in [4.69, 9.17) is 9.47 Å². The fraction of sp³-hybridized carbons (Fsp3) is 0.0714. The summed E-state index contributed by atoms with van der Waals surface area (Å²) in [7, 11) is 3.36. The van der Waals surface area contributed by atoms with Gasteiger partial charge in [-0.05, 0) is 76.9 Å². The van der Waals surface area contributed by atoms with Crippen LogP contribution in [-0.2, 0) is 0 Å². The van der Waals surface area contributed by atoms with Crippen LogP contribution in [-0.4, -0.2) is 14.2 Å². The Morgan fingerprint density at radius 1 is 0.581 bits per heavy atom. The van der Waals surface area contributed by atoms with Gasteiger partial charge >= 0.3 is 0 Å². The van der Waals surface area contributed by atoms with Gasteiger partial charge in [-0.3, -0.25) is 0 Å². The molecule has 0 aliphatic rings. The van der Waals surface area contributed by atoms with Gasteiger partial charge in [0.1, 0.15) is 11.5 Å². The van der Waals surface area contributed by atoms with Crippen molar-refractivity contribution in [3.8, 4) is 11.5 Å². The minimum absolute atomic E-state index is 0.845. The maximum absolute atomic E-state index is 5.31. The molecule has 154 valence electrons. The second-order valence-electron chi connectivity index (χ2n) is 7.13. The minimum atomic E-state index is 0.845. The van der Waals surface area contributed by atoms with Crippen LogP contribution in [0, 0.1) is 0 Å². The van der Waals surface area contributed by atoms with E-state index in [1.807, 2.05) is 42.5 Å². The molecule has 0 unspecified atom stereocenters. The Hall–Kier alpha value is -3.98. The molecule has 1 N–H and O–H groups in total. The van der Waals surface area contributed by atoms with E-state index in [2.05, 4.69) is 72.1 Å². The van der Waals surface area contributed by atoms with Crippen molar-refractivity contribution in [2.24, 2.45) is 0 Å². The molecule has 0 saturated heterocycles. The molecule has 0 spiro atoms. The molecule has 0 aliphatic carbocycles. The van der Waals surface area contributed by atoms with Crippen molar-refractivity contribution in [1.29, 1.82) is 0 Å². The van der Waals surface area contributed by atoms with Crippen LogP contribution < -0.4 is 14.8 Å². The first-order chi connectivity index (χ1) is 15.2. The lowest BCUT2D eigenvalue weighted by Crippen LogP contribution is -1.91. The van der Waals surface area contributed by atoms with E-state index in [0.29, 0.717) is 0 Å². The van der Waals surface area contributed by atoms with Crippen LogP contribution in [0.1, 0.15) is 16.7 Å². The van der Waals surface area contributed by atoms with Crippen LogP contribution in [0.2, 0.25) is 0 Å². The Morgan fingerprint density at radius 3 is 1.61 bits per heavy atom. The minimum Gasteiger partial charge on any atom is -0.497 e. The molecular weight excluding hydrogens is 382 g/mol. The first-order valence-electron chi connectivity index (χ1n) is 10.2. The average Bonchev–Trinajstić information content (AvgIpc) is 2.85. The van der Waals surface area contributed by atoms with Gasteiger partial charge in [-0.15, -0.1) is 0 Å². The zero-order valence-electron chi connectivity index (χ0n) is 17.7. The van der Waals surface area contributed by atoms with Crippen molar-refractivity contribution < 1.29 is 9.47 Å². The van der Waals surface area contributed by atoms with Crippen molar-refractivity contribution in [3.63, 3.8) is 0 Å². The lowest BCUT2D eigenvalue weighted by molar-refractivity contribution is 0.414. The second-order valence-corrected chi connectivity index (χ2v) is 7.13. The maximum Gasteiger partial charge on any atom is 0.119 e. The van der Waals surface area contributed by atoms with E-state index in [0.717, 1.165) is 34.0 Å². The molecule has 0 fully saturated rings. The summed E-state index contributed by atoms with van der Waals surface area (Å²) in [5.41, 5.74) is 6.68. The molecule has 4 aromatic carbocycles. The van der Waals surface area contributed by atoms with Gasteiger partial charge in [0.25, 0.3) is 0 Å². The van der Waals surface area contributed by atoms with Gasteiger partial charge in [0, 0.05) is 11.4 Å². The van der Waals surface area contributed by atoms with E-state index in [1.54, 1.807) is 14.2 Å². The summed E-state index contributed by atoms with van der Waals surface area (Å²) in [6, 6.07) is 34.9. The van der Waals surface area contributed by atoms with Crippen molar-refractivity contribution >= 4 is 23.0 Å². The zero-order chi connectivity index (χ0) is 21.5. The normalized spacial score (nSPS) is 11.1. The SMILES string of the molecule is COc1ccc(Nc2ccc(/C=C(\c3ccccc3)c3ccc(OC)cc3)cc2)cc1. The Morgan fingerprint density at radius 2 is 1.06 bits per heavy atom. The third-order valence-corrected chi connectivity index (χ3v) is 5.09. The van der Waals surface area contributed by atoms with Gasteiger partial charge < -0.3 is 14.8 Å². The smallest absolute Gasteiger partial charge is 0.119 e. The highest BCUT2D eigenvalue weighted by Crippen LogP contribution is 2.28. The average molecular weight is 408 g/mol. The molecule has 4 aromatic rings. The summed E-state index contributed by atoms with van der Waals surface area (Å²) in [6.07, 6.45) is 2.22. The summed E-state index contributed by atoms with van der Waals surface area (Å²) in [6.45, 7) is 0. The number of hydrogen-bond donors (Lipinski definition) is 1. The van der Waals surface area contributed by atoms with E-state index in [-0.39, 0.29) is 0 Å². The van der Waals surface area contributed by atoms with Crippen molar-refractivity contribution in [1.82, 2.24) is 0 Å². The van der Waals surface area contributed by atoms with Gasteiger partial charge in [-0.1, -0.05) is 54.6 Å². The number of methoxy groups -OCH3 is 2. The number of rotatable bonds is 7. The van der Waals surface area contributed by atoms with Gasteiger partial charge in [0.05, 0.1) is 14.2 Å². The van der Waals surface area contributed by atoms with Crippen LogP contribution in [0.15, 0.2) is 103 Å². The highest BCUT2D eigenvalue weighted by atomic mass is 16.5. The van der Waals surface area contributed by atoms with Gasteiger partial charge in [-0.2, -0.15) is 0 Å². The molecule has 0 aromatic heterocycles. The largest absolute Gasteiger partial charge is 0.497 e. The van der Waals surface area contributed by atoms with Crippen LogP contribution in [0.25, 0.3) is 11.6 Å². The van der Waals surface area contributed by atoms with Crippen LogP contribution in [0.3, 0.4) is 0 Å². The molecule has 0 atom stereocenters. The Bertz CT molecular complexity index is 1130. The van der Waals surface area contributed by atoms with E-state index in [1.165, 1.54) is 11.1 Å². The van der Waals surface area contributed by atoms with Crippen LogP contribution in [0.4, 0.5) is 11.4 Å². The Labute approximate surface area is 183 Å². The summed E-state index contributed by atoms with van der Waals surface area (Å²) in [4.78, 5) is 0. The topological polar surface area (TPSA) is 30.5 Å². The van der Waals surface area contributed by atoms with Crippen molar-refractivity contribution in [2.45, 2.75) is 0 Å². The third-order valence-electron chi connectivity index (χ3n) is 5.09. The quantitative estimate of drug-likeness (QED) is 0.333. The molecule has 3 heteroatoms. The van der Waals surface area contributed by atoms with Crippen LogP contribution >= 0.6 is 0 Å². The fourth-order valence-corrected chi connectivity index (χ4v) is 3.39. The summed E-state index contributed by atoms with van der Waals surface area (Å²) in [5, 5.41) is 3.42. The fourth-order valence-electron chi connectivity index (χ4n) is 3.39. The molecular formula is C28H25NO2. The highest BCUT2D eigenvalue weighted by Gasteiger charge is 2.06. The predicted molar refractivity (Wildman–Crippen MR) is 129 cm³/mol. The first-order valence-corrected chi connectivity index (χ1v) is 10.2. The Balaban J connectivity index is 1.60. The van der Waals surface area contributed by atoms with Gasteiger partial charge in [-0.25, -0.2) is 0 Å². The standard InChI is InChI=1S/C28H25NO2/c1-30-26-16-10-23(11-17-26)28(22-6-4-3-5-7-22)20-21-8-12-24(13-9-21)29-25-14-18-27(31-2)19-15-25/h3-20,29H,1-2H3/b28-20+. The summed E-state index contributed by atoms with van der Waals surface area (Å²) >= 11 is 0. The molecule has 0 bridgehead atoms. The lowest BCUT2D eigenvalue weighted by Gasteiger charge is -2.11. The second kappa shape index (κ2) is 9.68. The molecule has 0 radical (unpaired) electrons. The number of nitrogens with one attached hydrogen (secondary N) is 1. The lowest BCUT2D eigenvalue weighted by atomic mass is 9.95. The molecule has 0 amide bonds. The van der Waals surface area contributed by atoms with E-state index < -0.39 is 0 Å². The number of hydrogen-bond acceptors (Lipinski definition) is 3. The number of ether oxygens (including phenoxy) is 2. The van der Waals surface area contributed by atoms with E-state index in [9.17, 15) is 0 Å². The van der Waals surface area contributed by atoms with Crippen molar-refractivity contribution in [3.05, 3.63) is 120 Å². The summed E-state index contributed by atoms with van der Waals surface area (Å²) < 4.78 is 10.5. The van der Waals surface area contributed by atoms with E-state index >= 15 is 0 Å². The Kier molecular flexibility index (Phi) is 6.34. The molecule has 4 rings (SSSR count). The van der Waals surface area contributed by atoms with Gasteiger partial charge in [0.2, 0.25) is 0 Å².